The van der Waals surface area contributed by atoms with Crippen LogP contribution in [-0.2, 0) is 13.0 Å². The predicted molar refractivity (Wildman–Crippen MR) is 146 cm³/mol. The van der Waals surface area contributed by atoms with Gasteiger partial charge in [0.1, 0.15) is 11.4 Å². The molecule has 2 heterocycles. The average Bonchev–Trinajstić information content (AvgIpc) is 3.34. The van der Waals surface area contributed by atoms with Gasteiger partial charge in [-0.15, -0.1) is 0 Å². The largest absolute Gasteiger partial charge is 0.439 e. The van der Waals surface area contributed by atoms with Crippen LogP contribution in [0.3, 0.4) is 0 Å². The lowest BCUT2D eigenvalue weighted by Crippen LogP contribution is -2.38. The second-order valence-corrected chi connectivity index (χ2v) is 9.77. The lowest BCUT2D eigenvalue weighted by Gasteiger charge is -2.16. The number of aromatic amines is 1. The molecule has 2 N–H and O–H groups in total. The van der Waals surface area contributed by atoms with Crippen molar-refractivity contribution in [1.29, 1.82) is 0 Å². The molecule has 0 aliphatic rings. The maximum absolute atomic E-state index is 13.6. The molecular formula is C29H33N5O4. The molecule has 0 fully saturated rings. The van der Waals surface area contributed by atoms with Gasteiger partial charge in [0.25, 0.3) is 11.5 Å². The Morgan fingerprint density at radius 2 is 1.79 bits per heavy atom. The van der Waals surface area contributed by atoms with Crippen molar-refractivity contribution in [1.82, 2.24) is 25.0 Å². The Kier molecular flexibility index (Phi) is 8.35. The van der Waals surface area contributed by atoms with E-state index in [-0.39, 0.29) is 22.9 Å². The highest BCUT2D eigenvalue weighted by Crippen LogP contribution is 2.30. The van der Waals surface area contributed by atoms with E-state index < -0.39 is 5.76 Å². The van der Waals surface area contributed by atoms with E-state index in [9.17, 15) is 14.4 Å². The molecule has 4 aromatic rings. The Bertz CT molecular complexity index is 1530. The highest BCUT2D eigenvalue weighted by Gasteiger charge is 2.20. The first-order valence-electron chi connectivity index (χ1n) is 12.9. The number of unbranched alkanes of at least 4 members (excludes halogenated alkanes) is 1. The van der Waals surface area contributed by atoms with Crippen LogP contribution in [0.1, 0.15) is 61.1 Å². The third-order valence-corrected chi connectivity index (χ3v) is 6.31. The molecule has 0 bridgehead atoms. The van der Waals surface area contributed by atoms with Crippen molar-refractivity contribution in [3.05, 3.63) is 92.1 Å². The molecule has 198 valence electrons. The Morgan fingerprint density at radius 1 is 1.08 bits per heavy atom. The van der Waals surface area contributed by atoms with E-state index in [4.69, 9.17) is 0 Å². The maximum atomic E-state index is 13.6. The molecule has 0 unspecified atom stereocenters. The van der Waals surface area contributed by atoms with Crippen LogP contribution in [0, 0.1) is 12.8 Å². The molecular weight excluding hydrogens is 482 g/mol. The molecule has 0 aliphatic carbocycles. The van der Waals surface area contributed by atoms with Crippen molar-refractivity contribution in [3.63, 3.8) is 0 Å². The molecule has 0 radical (unpaired) electrons. The summed E-state index contributed by atoms with van der Waals surface area (Å²) >= 11 is 0. The van der Waals surface area contributed by atoms with Gasteiger partial charge in [-0.3, -0.25) is 23.7 Å². The number of hydrogen-bond donors (Lipinski definition) is 2. The van der Waals surface area contributed by atoms with Gasteiger partial charge >= 0.3 is 5.76 Å². The third kappa shape index (κ3) is 5.99. The van der Waals surface area contributed by atoms with Crippen molar-refractivity contribution in [2.75, 3.05) is 6.54 Å². The summed E-state index contributed by atoms with van der Waals surface area (Å²) in [6.45, 7) is 8.61. The zero-order chi connectivity index (χ0) is 27.2. The van der Waals surface area contributed by atoms with Gasteiger partial charge < -0.3 is 5.32 Å². The van der Waals surface area contributed by atoms with Gasteiger partial charge in [0.15, 0.2) is 5.82 Å². The average molecular weight is 516 g/mol. The number of carbonyl (C=O) groups is 1. The molecule has 9 nitrogen and oxygen atoms in total. The Labute approximate surface area is 220 Å². The van der Waals surface area contributed by atoms with Gasteiger partial charge in [-0.05, 0) is 36.0 Å². The van der Waals surface area contributed by atoms with Crippen LogP contribution in [0.15, 0.2) is 62.6 Å². The fourth-order valence-corrected chi connectivity index (χ4v) is 4.31. The highest BCUT2D eigenvalue weighted by molar-refractivity contribution is 5.94. The quantitative estimate of drug-likeness (QED) is 0.324. The first-order chi connectivity index (χ1) is 18.3. The van der Waals surface area contributed by atoms with E-state index in [2.05, 4.69) is 31.9 Å². The topological polar surface area (TPSA) is 123 Å². The number of benzene rings is 2. The van der Waals surface area contributed by atoms with Crippen molar-refractivity contribution in [2.24, 2.45) is 5.92 Å². The summed E-state index contributed by atoms with van der Waals surface area (Å²) in [5.41, 5.74) is 3.67. The minimum Gasteiger partial charge on any atom is -0.352 e. The number of aryl methyl sites for hydroxylation is 2. The summed E-state index contributed by atoms with van der Waals surface area (Å²) in [5.74, 6) is 0.308. The first kappa shape index (κ1) is 26.8. The van der Waals surface area contributed by atoms with Crippen LogP contribution in [0.4, 0.5) is 0 Å². The summed E-state index contributed by atoms with van der Waals surface area (Å²) in [6, 6.07) is 15.4. The molecule has 4 rings (SSSR count). The van der Waals surface area contributed by atoms with E-state index in [1.54, 1.807) is 11.5 Å². The summed E-state index contributed by atoms with van der Waals surface area (Å²) in [6.07, 6.45) is 2.52. The van der Waals surface area contributed by atoms with Crippen LogP contribution in [0.25, 0.3) is 22.5 Å². The summed E-state index contributed by atoms with van der Waals surface area (Å²) in [4.78, 5) is 45.2. The number of rotatable bonds is 10. The van der Waals surface area contributed by atoms with Crippen LogP contribution in [0.5, 0.6) is 0 Å². The van der Waals surface area contributed by atoms with Gasteiger partial charge in [-0.25, -0.2) is 9.78 Å². The standard InChI is InChI=1S/C29H33N5O4/c1-5-6-11-24-31-19(4)25(27(35)30-16-18(2)3)28(36)34(24)17-20-12-14-21(15-13-20)22-9-7-8-10-23(22)26-32-29(37)38-33-26/h7-10,12-15,18H,5-6,11,16-17H2,1-4H3,(H,30,35)(H,32,33,37). The number of H-pyrrole nitrogens is 1. The minimum atomic E-state index is -0.613. The van der Waals surface area contributed by atoms with Crippen LogP contribution >= 0.6 is 0 Å². The zero-order valence-electron chi connectivity index (χ0n) is 22.2. The molecule has 0 saturated heterocycles. The summed E-state index contributed by atoms with van der Waals surface area (Å²) in [5, 5.41) is 6.67. The van der Waals surface area contributed by atoms with E-state index >= 15 is 0 Å². The van der Waals surface area contributed by atoms with Crippen molar-refractivity contribution in [3.8, 4) is 22.5 Å². The second-order valence-electron chi connectivity index (χ2n) is 9.77. The van der Waals surface area contributed by atoms with Gasteiger partial charge in [0, 0.05) is 18.5 Å². The third-order valence-electron chi connectivity index (χ3n) is 6.31. The van der Waals surface area contributed by atoms with Crippen molar-refractivity contribution < 1.29 is 9.32 Å². The number of carbonyl (C=O) groups excluding carboxylic acids is 1. The van der Waals surface area contributed by atoms with Gasteiger partial charge in [0.05, 0.1) is 12.2 Å². The SMILES string of the molecule is CCCCc1nc(C)c(C(=O)NCC(C)C)c(=O)n1Cc1ccc(-c2ccccc2-c2noc(=O)[nH]2)cc1. The fraction of sp³-hybridized carbons (Fsp3) is 0.345. The molecule has 0 saturated carbocycles. The normalized spacial score (nSPS) is 11.2. The van der Waals surface area contributed by atoms with E-state index in [1.807, 2.05) is 62.4 Å². The number of nitrogens with one attached hydrogen (secondary N) is 2. The van der Waals surface area contributed by atoms with Crippen LogP contribution in [0.2, 0.25) is 0 Å². The number of aromatic nitrogens is 4. The molecule has 2 aromatic carbocycles. The van der Waals surface area contributed by atoms with Gasteiger partial charge in [-0.1, -0.05) is 80.9 Å². The highest BCUT2D eigenvalue weighted by atomic mass is 16.5. The number of nitrogens with zero attached hydrogens (tertiary/aromatic N) is 3. The molecule has 0 aliphatic heterocycles. The predicted octanol–water partition coefficient (Wildman–Crippen LogP) is 4.34. The molecule has 2 aromatic heterocycles. The zero-order valence-corrected chi connectivity index (χ0v) is 22.2. The maximum Gasteiger partial charge on any atom is 0.439 e. The monoisotopic (exact) mass is 515 g/mol. The van der Waals surface area contributed by atoms with Crippen molar-refractivity contribution in [2.45, 2.75) is 53.5 Å². The van der Waals surface area contributed by atoms with Crippen molar-refractivity contribution >= 4 is 5.91 Å². The van der Waals surface area contributed by atoms with E-state index in [1.165, 1.54) is 0 Å². The van der Waals surface area contributed by atoms with Crippen LogP contribution in [-0.4, -0.2) is 32.1 Å². The summed E-state index contributed by atoms with van der Waals surface area (Å²) < 4.78 is 6.30. The minimum absolute atomic E-state index is 0.0954. The molecule has 0 atom stereocenters. The van der Waals surface area contributed by atoms with Gasteiger partial charge in [0.2, 0.25) is 0 Å². The Morgan fingerprint density at radius 3 is 2.42 bits per heavy atom. The molecule has 38 heavy (non-hydrogen) atoms. The Balaban J connectivity index is 1.67. The lowest BCUT2D eigenvalue weighted by atomic mass is 9.98. The lowest BCUT2D eigenvalue weighted by molar-refractivity contribution is 0.0945. The molecule has 1 amide bonds. The molecule has 9 heteroatoms. The van der Waals surface area contributed by atoms with E-state index in [0.29, 0.717) is 36.9 Å². The van der Waals surface area contributed by atoms with Gasteiger partial charge in [-0.2, -0.15) is 0 Å². The second kappa shape index (κ2) is 11.9. The number of amides is 1. The molecule has 0 spiro atoms. The van der Waals surface area contributed by atoms with E-state index in [0.717, 1.165) is 35.1 Å². The van der Waals surface area contributed by atoms with Crippen LogP contribution < -0.4 is 16.6 Å². The smallest absolute Gasteiger partial charge is 0.352 e. The number of hydrogen-bond acceptors (Lipinski definition) is 6. The fourth-order valence-electron chi connectivity index (χ4n) is 4.31. The first-order valence-corrected chi connectivity index (χ1v) is 12.9. The Hall–Kier alpha value is -4.27. The summed E-state index contributed by atoms with van der Waals surface area (Å²) in [7, 11) is 0.